The van der Waals surface area contributed by atoms with Crippen molar-refractivity contribution in [3.05, 3.63) is 45.6 Å². The zero-order chi connectivity index (χ0) is 15.4. The van der Waals surface area contributed by atoms with Crippen LogP contribution in [0.5, 0.6) is 0 Å². The molecular formula is C16H20N2O2S. The summed E-state index contributed by atoms with van der Waals surface area (Å²) in [5.74, 6) is -0.419. The molecule has 0 fully saturated rings. The van der Waals surface area contributed by atoms with Gasteiger partial charge in [0.15, 0.2) is 0 Å². The van der Waals surface area contributed by atoms with Gasteiger partial charge in [-0.2, -0.15) is 0 Å². The number of esters is 1. The first-order valence-electron chi connectivity index (χ1n) is 6.79. The number of rotatable bonds is 5. The largest absolute Gasteiger partial charge is 0.465 e. The summed E-state index contributed by atoms with van der Waals surface area (Å²) in [4.78, 5) is 14.3. The summed E-state index contributed by atoms with van der Waals surface area (Å²) in [6, 6.07) is 9.87. The molecule has 0 bridgehead atoms. The van der Waals surface area contributed by atoms with Crippen molar-refractivity contribution in [2.45, 2.75) is 26.3 Å². The first-order valence-corrected chi connectivity index (χ1v) is 7.61. The van der Waals surface area contributed by atoms with Crippen LogP contribution in [-0.2, 0) is 11.2 Å². The fraction of sp³-hybridized carbons (Fsp3) is 0.312. The van der Waals surface area contributed by atoms with E-state index >= 15 is 0 Å². The molecule has 0 amide bonds. The second-order valence-electron chi connectivity index (χ2n) is 5.06. The molecule has 0 aliphatic rings. The maximum absolute atomic E-state index is 11.6. The van der Waals surface area contributed by atoms with Crippen LogP contribution in [0.25, 0.3) is 0 Å². The van der Waals surface area contributed by atoms with Gasteiger partial charge < -0.3 is 15.8 Å². The average Bonchev–Trinajstić information content (AvgIpc) is 2.85. The summed E-state index contributed by atoms with van der Waals surface area (Å²) >= 11 is 1.81. The van der Waals surface area contributed by atoms with E-state index in [9.17, 15) is 4.79 Å². The van der Waals surface area contributed by atoms with E-state index in [4.69, 9.17) is 10.5 Å². The van der Waals surface area contributed by atoms with Gasteiger partial charge in [-0.1, -0.05) is 0 Å². The van der Waals surface area contributed by atoms with Gasteiger partial charge in [0.25, 0.3) is 0 Å². The van der Waals surface area contributed by atoms with E-state index in [1.165, 1.54) is 16.9 Å². The second kappa shape index (κ2) is 6.63. The Labute approximate surface area is 128 Å². The lowest BCUT2D eigenvalue weighted by atomic mass is 10.1. The Bertz CT molecular complexity index is 637. The van der Waals surface area contributed by atoms with Crippen LogP contribution in [0.1, 0.15) is 27.0 Å². The van der Waals surface area contributed by atoms with E-state index in [1.54, 1.807) is 23.5 Å². The molecule has 2 rings (SSSR count). The van der Waals surface area contributed by atoms with Crippen LogP contribution < -0.4 is 11.1 Å². The van der Waals surface area contributed by atoms with Gasteiger partial charge in [-0.05, 0) is 44.2 Å². The van der Waals surface area contributed by atoms with Crippen molar-refractivity contribution in [3.63, 3.8) is 0 Å². The molecule has 5 heteroatoms. The topological polar surface area (TPSA) is 64.3 Å². The lowest BCUT2D eigenvalue weighted by Gasteiger charge is -2.15. The van der Waals surface area contributed by atoms with E-state index in [0.29, 0.717) is 11.3 Å². The van der Waals surface area contributed by atoms with Crippen molar-refractivity contribution in [2.75, 3.05) is 18.2 Å². The van der Waals surface area contributed by atoms with Gasteiger partial charge in [0, 0.05) is 33.6 Å². The molecule has 4 nitrogen and oxygen atoms in total. The highest BCUT2D eigenvalue weighted by molar-refractivity contribution is 7.11. The van der Waals surface area contributed by atoms with Crippen LogP contribution in [0.4, 0.5) is 11.4 Å². The molecule has 112 valence electrons. The minimum Gasteiger partial charge on any atom is -0.465 e. The number of thiophene rings is 1. The molecular weight excluding hydrogens is 284 g/mol. The van der Waals surface area contributed by atoms with Crippen molar-refractivity contribution < 1.29 is 9.53 Å². The molecule has 1 aromatic carbocycles. The highest BCUT2D eigenvalue weighted by Gasteiger charge is 2.12. The molecule has 1 atom stereocenters. The van der Waals surface area contributed by atoms with Crippen molar-refractivity contribution >= 4 is 28.7 Å². The number of methoxy groups -OCH3 is 1. The van der Waals surface area contributed by atoms with Gasteiger partial charge in [-0.3, -0.25) is 0 Å². The van der Waals surface area contributed by atoms with Crippen LogP contribution >= 0.6 is 11.3 Å². The molecule has 1 unspecified atom stereocenters. The van der Waals surface area contributed by atoms with Crippen molar-refractivity contribution in [3.8, 4) is 0 Å². The third kappa shape index (κ3) is 3.98. The minimum absolute atomic E-state index is 0.261. The van der Waals surface area contributed by atoms with Gasteiger partial charge in [0.2, 0.25) is 0 Å². The maximum atomic E-state index is 11.6. The molecule has 0 saturated carbocycles. The fourth-order valence-electron chi connectivity index (χ4n) is 2.16. The monoisotopic (exact) mass is 304 g/mol. The molecule has 21 heavy (non-hydrogen) atoms. The molecule has 0 aliphatic heterocycles. The molecule has 0 spiro atoms. The smallest absolute Gasteiger partial charge is 0.340 e. The van der Waals surface area contributed by atoms with Crippen molar-refractivity contribution in [1.29, 1.82) is 0 Å². The number of hydrogen-bond acceptors (Lipinski definition) is 5. The standard InChI is InChI=1S/C16H20N2O2S/c1-10(8-13-6-4-11(2)21-13)18-12-5-7-15(17)14(9-12)16(19)20-3/h4-7,9-10,18H,8,17H2,1-3H3. The quantitative estimate of drug-likeness (QED) is 0.656. The molecule has 0 saturated heterocycles. The van der Waals surface area contributed by atoms with Crippen LogP contribution in [-0.4, -0.2) is 19.1 Å². The van der Waals surface area contributed by atoms with Crippen LogP contribution in [0.3, 0.4) is 0 Å². The fourth-order valence-corrected chi connectivity index (χ4v) is 3.18. The Kier molecular flexibility index (Phi) is 4.85. The SMILES string of the molecule is COC(=O)c1cc(NC(C)Cc2ccc(C)s2)ccc1N. The predicted octanol–water partition coefficient (Wildman–Crippen LogP) is 3.47. The Hall–Kier alpha value is -2.01. The number of ether oxygens (including phenoxy) is 1. The van der Waals surface area contributed by atoms with Gasteiger partial charge in [0.05, 0.1) is 12.7 Å². The summed E-state index contributed by atoms with van der Waals surface area (Å²) in [6.45, 7) is 4.22. The van der Waals surface area contributed by atoms with E-state index in [1.807, 2.05) is 6.07 Å². The summed E-state index contributed by atoms with van der Waals surface area (Å²) in [5.41, 5.74) is 7.48. The van der Waals surface area contributed by atoms with Crippen LogP contribution in [0, 0.1) is 6.92 Å². The molecule has 2 aromatic rings. The number of nitrogens with two attached hydrogens (primary N) is 1. The average molecular weight is 304 g/mol. The Balaban J connectivity index is 2.06. The summed E-state index contributed by atoms with van der Waals surface area (Å²) in [5, 5.41) is 3.39. The molecule has 3 N–H and O–H groups in total. The zero-order valence-electron chi connectivity index (χ0n) is 12.5. The summed E-state index contributed by atoms with van der Waals surface area (Å²) in [7, 11) is 1.35. The summed E-state index contributed by atoms with van der Waals surface area (Å²) in [6.07, 6.45) is 0.941. The highest BCUT2D eigenvalue weighted by Crippen LogP contribution is 2.21. The zero-order valence-corrected chi connectivity index (χ0v) is 13.3. The lowest BCUT2D eigenvalue weighted by Crippen LogP contribution is -2.18. The van der Waals surface area contributed by atoms with Crippen LogP contribution in [0.15, 0.2) is 30.3 Å². The Morgan fingerprint density at radius 1 is 1.38 bits per heavy atom. The van der Waals surface area contributed by atoms with E-state index in [-0.39, 0.29) is 6.04 Å². The van der Waals surface area contributed by atoms with Crippen LogP contribution in [0.2, 0.25) is 0 Å². The second-order valence-corrected chi connectivity index (χ2v) is 6.43. The molecule has 0 aliphatic carbocycles. The number of nitrogens with one attached hydrogen (secondary N) is 1. The van der Waals surface area contributed by atoms with Gasteiger partial charge in [0.1, 0.15) is 0 Å². The van der Waals surface area contributed by atoms with E-state index in [0.717, 1.165) is 12.1 Å². The third-order valence-corrected chi connectivity index (χ3v) is 4.20. The minimum atomic E-state index is -0.419. The summed E-state index contributed by atoms with van der Waals surface area (Å²) < 4.78 is 4.73. The first-order chi connectivity index (χ1) is 9.99. The van der Waals surface area contributed by atoms with Gasteiger partial charge >= 0.3 is 5.97 Å². The number of nitrogen functional groups attached to an aromatic ring is 1. The highest BCUT2D eigenvalue weighted by atomic mass is 32.1. The van der Waals surface area contributed by atoms with Gasteiger partial charge in [-0.15, -0.1) is 11.3 Å². The number of hydrogen-bond donors (Lipinski definition) is 2. The van der Waals surface area contributed by atoms with E-state index in [2.05, 4.69) is 31.3 Å². The number of anilines is 2. The maximum Gasteiger partial charge on any atom is 0.340 e. The number of carbonyl (C=O) groups is 1. The van der Waals surface area contributed by atoms with E-state index < -0.39 is 5.97 Å². The predicted molar refractivity (Wildman–Crippen MR) is 88.0 cm³/mol. The number of aryl methyl sites for hydroxylation is 1. The van der Waals surface area contributed by atoms with Crippen molar-refractivity contribution in [1.82, 2.24) is 0 Å². The molecule has 1 aromatic heterocycles. The first kappa shape index (κ1) is 15.4. The normalized spacial score (nSPS) is 12.0. The van der Waals surface area contributed by atoms with Gasteiger partial charge in [-0.25, -0.2) is 4.79 Å². The third-order valence-electron chi connectivity index (χ3n) is 3.18. The lowest BCUT2D eigenvalue weighted by molar-refractivity contribution is 0.0602. The number of carbonyl (C=O) groups excluding carboxylic acids is 1. The molecule has 1 heterocycles. The Morgan fingerprint density at radius 2 is 2.14 bits per heavy atom. The van der Waals surface area contributed by atoms with Crippen molar-refractivity contribution in [2.24, 2.45) is 0 Å². The number of benzene rings is 1. The Morgan fingerprint density at radius 3 is 2.76 bits per heavy atom. The molecule has 0 radical (unpaired) electrons.